The van der Waals surface area contributed by atoms with Gasteiger partial charge in [-0.3, -0.25) is 0 Å². The Morgan fingerprint density at radius 1 is 1.25 bits per heavy atom. The number of aryl methyl sites for hydroxylation is 1. The monoisotopic (exact) mass is 270 g/mol. The van der Waals surface area contributed by atoms with Gasteiger partial charge in [-0.25, -0.2) is 0 Å². The van der Waals surface area contributed by atoms with E-state index in [4.69, 9.17) is 0 Å². The van der Waals surface area contributed by atoms with Crippen molar-refractivity contribution in [2.24, 2.45) is 7.05 Å². The van der Waals surface area contributed by atoms with Crippen molar-refractivity contribution in [2.75, 3.05) is 6.54 Å². The van der Waals surface area contributed by atoms with Crippen LogP contribution in [0.2, 0.25) is 0 Å². The quantitative estimate of drug-likeness (QED) is 0.759. The van der Waals surface area contributed by atoms with Gasteiger partial charge >= 0.3 is 0 Å². The number of fused-ring (bicyclic) bond motifs is 1. The molecule has 0 bridgehead atoms. The fourth-order valence-corrected chi connectivity index (χ4v) is 2.38. The molecule has 3 rings (SSSR count). The van der Waals surface area contributed by atoms with E-state index >= 15 is 0 Å². The van der Waals surface area contributed by atoms with E-state index in [0.29, 0.717) is 6.54 Å². The van der Waals surface area contributed by atoms with Crippen LogP contribution >= 0.6 is 0 Å². The molecule has 20 heavy (non-hydrogen) atoms. The van der Waals surface area contributed by atoms with Crippen molar-refractivity contribution in [2.45, 2.75) is 20.0 Å². The van der Waals surface area contributed by atoms with Crippen LogP contribution < -0.4 is 5.32 Å². The highest BCUT2D eigenvalue weighted by atomic mass is 15.6. The summed E-state index contributed by atoms with van der Waals surface area (Å²) in [6.45, 7) is 4.62. The third-order valence-electron chi connectivity index (χ3n) is 3.33. The lowest BCUT2D eigenvalue weighted by atomic mass is 10.1. The minimum Gasteiger partial charge on any atom is -0.340 e. The average molecular weight is 270 g/mol. The van der Waals surface area contributed by atoms with E-state index in [9.17, 15) is 0 Å². The Kier molecular flexibility index (Phi) is 3.47. The van der Waals surface area contributed by atoms with Gasteiger partial charge in [0, 0.05) is 23.6 Å². The van der Waals surface area contributed by atoms with Crippen LogP contribution in [0.4, 0.5) is 0 Å². The zero-order valence-electron chi connectivity index (χ0n) is 11.7. The molecule has 3 aromatic rings. The number of tetrazole rings is 1. The molecule has 0 fully saturated rings. The molecule has 0 atom stereocenters. The highest BCUT2D eigenvalue weighted by Gasteiger charge is 2.08. The van der Waals surface area contributed by atoms with E-state index in [2.05, 4.69) is 62.7 Å². The molecule has 0 aliphatic rings. The second-order valence-electron chi connectivity index (χ2n) is 4.77. The Balaban J connectivity index is 1.92. The predicted molar refractivity (Wildman–Crippen MR) is 77.2 cm³/mol. The van der Waals surface area contributed by atoms with Crippen molar-refractivity contribution in [3.05, 3.63) is 41.9 Å². The molecule has 0 unspecified atom stereocenters. The zero-order valence-corrected chi connectivity index (χ0v) is 11.7. The summed E-state index contributed by atoms with van der Waals surface area (Å²) in [6.07, 6.45) is 2.08. The summed E-state index contributed by atoms with van der Waals surface area (Å²) in [5.74, 6) is 0.724. The summed E-state index contributed by atoms with van der Waals surface area (Å²) < 4.78 is 2.15. The lowest BCUT2D eigenvalue weighted by Crippen LogP contribution is -2.11. The van der Waals surface area contributed by atoms with Gasteiger partial charge < -0.3 is 9.88 Å². The molecule has 0 aliphatic heterocycles. The van der Waals surface area contributed by atoms with Crippen molar-refractivity contribution in [1.29, 1.82) is 0 Å². The van der Waals surface area contributed by atoms with Crippen molar-refractivity contribution in [1.82, 2.24) is 30.1 Å². The van der Waals surface area contributed by atoms with Gasteiger partial charge in [0.2, 0.25) is 0 Å². The number of aromatic nitrogens is 5. The van der Waals surface area contributed by atoms with Crippen LogP contribution in [-0.4, -0.2) is 31.3 Å². The van der Waals surface area contributed by atoms with Gasteiger partial charge in [0.25, 0.3) is 0 Å². The Hall–Kier alpha value is -2.21. The number of rotatable bonds is 5. The van der Waals surface area contributed by atoms with Gasteiger partial charge in [0.15, 0.2) is 5.82 Å². The van der Waals surface area contributed by atoms with Crippen LogP contribution in [-0.2, 0) is 20.1 Å². The molecule has 2 aromatic heterocycles. The first kappa shape index (κ1) is 12.8. The minimum atomic E-state index is 0.641. The van der Waals surface area contributed by atoms with Crippen molar-refractivity contribution in [3.63, 3.8) is 0 Å². The maximum atomic E-state index is 4.23. The van der Waals surface area contributed by atoms with E-state index in [1.165, 1.54) is 21.3 Å². The molecule has 104 valence electrons. The molecule has 2 heterocycles. The van der Waals surface area contributed by atoms with Crippen LogP contribution in [0.5, 0.6) is 0 Å². The smallest absolute Gasteiger partial charge is 0.194 e. The topological polar surface area (TPSA) is 60.6 Å². The molecule has 1 aromatic carbocycles. The van der Waals surface area contributed by atoms with Crippen molar-refractivity contribution >= 4 is 10.9 Å². The van der Waals surface area contributed by atoms with Crippen LogP contribution in [0.15, 0.2) is 30.5 Å². The molecule has 0 aliphatic carbocycles. The fraction of sp³-hybridized carbons (Fsp3) is 0.357. The SMILES string of the molecule is CCNCc1cccc2c1ccn2Cc1nnn(C)n1. The Bertz CT molecular complexity index is 711. The first-order chi connectivity index (χ1) is 9.78. The maximum absolute atomic E-state index is 4.23. The highest BCUT2D eigenvalue weighted by Crippen LogP contribution is 2.20. The normalized spacial score (nSPS) is 11.3. The molecule has 0 radical (unpaired) electrons. The summed E-state index contributed by atoms with van der Waals surface area (Å²) in [6, 6.07) is 8.53. The molecule has 6 heteroatoms. The summed E-state index contributed by atoms with van der Waals surface area (Å²) in [5, 5.41) is 16.8. The average Bonchev–Trinajstić information content (AvgIpc) is 3.04. The second kappa shape index (κ2) is 5.42. The van der Waals surface area contributed by atoms with Gasteiger partial charge in [0.05, 0.1) is 13.6 Å². The van der Waals surface area contributed by atoms with E-state index < -0.39 is 0 Å². The summed E-state index contributed by atoms with van der Waals surface area (Å²) in [5.41, 5.74) is 2.52. The number of benzene rings is 1. The summed E-state index contributed by atoms with van der Waals surface area (Å²) >= 11 is 0. The maximum Gasteiger partial charge on any atom is 0.194 e. The fourth-order valence-electron chi connectivity index (χ4n) is 2.38. The number of nitrogens with zero attached hydrogens (tertiary/aromatic N) is 5. The van der Waals surface area contributed by atoms with Crippen molar-refractivity contribution in [3.8, 4) is 0 Å². The highest BCUT2D eigenvalue weighted by molar-refractivity contribution is 5.83. The third kappa shape index (κ3) is 2.42. The molecule has 0 saturated carbocycles. The molecule has 0 saturated heterocycles. The zero-order chi connectivity index (χ0) is 13.9. The third-order valence-corrected chi connectivity index (χ3v) is 3.33. The van der Waals surface area contributed by atoms with E-state index in [1.54, 1.807) is 7.05 Å². The van der Waals surface area contributed by atoms with Crippen LogP contribution in [0, 0.1) is 0 Å². The predicted octanol–water partition coefficient (Wildman–Crippen LogP) is 1.32. The van der Waals surface area contributed by atoms with Crippen LogP contribution in [0.3, 0.4) is 0 Å². The largest absolute Gasteiger partial charge is 0.340 e. The molecular formula is C14H18N6. The number of hydrogen-bond donors (Lipinski definition) is 1. The number of nitrogens with one attached hydrogen (secondary N) is 1. The Morgan fingerprint density at radius 3 is 2.90 bits per heavy atom. The van der Waals surface area contributed by atoms with Gasteiger partial charge in [-0.2, -0.15) is 4.80 Å². The van der Waals surface area contributed by atoms with E-state index in [1.807, 2.05) is 0 Å². The van der Waals surface area contributed by atoms with Gasteiger partial charge in [-0.05, 0) is 29.5 Å². The molecule has 0 spiro atoms. The summed E-state index contributed by atoms with van der Waals surface area (Å²) in [7, 11) is 1.78. The summed E-state index contributed by atoms with van der Waals surface area (Å²) in [4.78, 5) is 1.48. The van der Waals surface area contributed by atoms with Gasteiger partial charge in [-0.1, -0.05) is 19.1 Å². The lowest BCUT2D eigenvalue weighted by Gasteiger charge is -2.06. The lowest BCUT2D eigenvalue weighted by molar-refractivity contribution is 0.625. The van der Waals surface area contributed by atoms with E-state index in [0.717, 1.165) is 18.9 Å². The Morgan fingerprint density at radius 2 is 2.15 bits per heavy atom. The van der Waals surface area contributed by atoms with Crippen molar-refractivity contribution < 1.29 is 0 Å². The standard InChI is InChI=1S/C14H18N6/c1-3-15-9-11-5-4-6-13-12(11)7-8-20(13)10-14-16-18-19(2)17-14/h4-8,15H,3,9-10H2,1-2H3. The minimum absolute atomic E-state index is 0.641. The number of hydrogen-bond acceptors (Lipinski definition) is 4. The molecule has 0 amide bonds. The van der Waals surface area contributed by atoms with Crippen LogP contribution in [0.25, 0.3) is 10.9 Å². The van der Waals surface area contributed by atoms with Crippen LogP contribution in [0.1, 0.15) is 18.3 Å². The Labute approximate surface area is 117 Å². The van der Waals surface area contributed by atoms with Gasteiger partial charge in [0.1, 0.15) is 0 Å². The second-order valence-corrected chi connectivity index (χ2v) is 4.77. The van der Waals surface area contributed by atoms with E-state index in [-0.39, 0.29) is 0 Å². The molecular weight excluding hydrogens is 252 g/mol. The molecule has 6 nitrogen and oxygen atoms in total. The first-order valence-electron chi connectivity index (χ1n) is 6.78. The first-order valence-corrected chi connectivity index (χ1v) is 6.78. The van der Waals surface area contributed by atoms with Gasteiger partial charge in [-0.15, -0.1) is 10.2 Å². The molecule has 1 N–H and O–H groups in total.